The molecule has 0 amide bonds. The van der Waals surface area contributed by atoms with E-state index < -0.39 is 17.2 Å². The van der Waals surface area contributed by atoms with Gasteiger partial charge in [-0.15, -0.1) is 0 Å². The van der Waals surface area contributed by atoms with Crippen LogP contribution in [0.5, 0.6) is 11.9 Å². The highest BCUT2D eigenvalue weighted by Gasteiger charge is 2.53. The molecule has 2 fully saturated rings. The van der Waals surface area contributed by atoms with E-state index in [0.717, 1.165) is 25.3 Å². The van der Waals surface area contributed by atoms with Gasteiger partial charge in [0.2, 0.25) is 5.88 Å². The van der Waals surface area contributed by atoms with Crippen LogP contribution >= 0.6 is 0 Å². The number of hydrogen-bond acceptors (Lipinski definition) is 6. The van der Waals surface area contributed by atoms with Crippen molar-refractivity contribution in [2.45, 2.75) is 45.3 Å². The fourth-order valence-electron chi connectivity index (χ4n) is 5.09. The maximum absolute atomic E-state index is 14.2. The second-order valence-corrected chi connectivity index (χ2v) is 8.29. The number of aromatic nitrogens is 2. The zero-order chi connectivity index (χ0) is 22.0. The third-order valence-corrected chi connectivity index (χ3v) is 6.45. The molecule has 1 aromatic heterocycles. The van der Waals surface area contributed by atoms with Crippen LogP contribution in [0.3, 0.4) is 0 Å². The fourth-order valence-corrected chi connectivity index (χ4v) is 5.09. The van der Waals surface area contributed by atoms with Crippen molar-refractivity contribution in [2.75, 3.05) is 26.3 Å². The lowest BCUT2D eigenvalue weighted by atomic mass is 9.63. The molecule has 2 aliphatic rings. The molecule has 1 N–H and O–H groups in total. The summed E-state index contributed by atoms with van der Waals surface area (Å²) < 4.78 is 39.0. The SMILES string of the molecule is CCOc1ncc(C2(O)[C@@H]3CCC[C@H]2CN(Cc2cccc(F)c2F)C3)c(OCC)n1. The van der Waals surface area contributed by atoms with Crippen LogP contribution in [0, 0.1) is 23.5 Å². The van der Waals surface area contributed by atoms with Gasteiger partial charge in [-0.25, -0.2) is 13.8 Å². The highest BCUT2D eigenvalue weighted by atomic mass is 19.2. The molecule has 1 unspecified atom stereocenters. The highest BCUT2D eigenvalue weighted by molar-refractivity contribution is 5.34. The minimum absolute atomic E-state index is 0.0858. The smallest absolute Gasteiger partial charge is 0.319 e. The van der Waals surface area contributed by atoms with Crippen LogP contribution in [0.2, 0.25) is 0 Å². The number of aliphatic hydroxyl groups is 1. The van der Waals surface area contributed by atoms with Crippen molar-refractivity contribution in [1.82, 2.24) is 14.9 Å². The average Bonchev–Trinajstić information content (AvgIpc) is 2.73. The Morgan fingerprint density at radius 2 is 1.84 bits per heavy atom. The van der Waals surface area contributed by atoms with E-state index in [9.17, 15) is 13.9 Å². The van der Waals surface area contributed by atoms with Gasteiger partial charge in [-0.05, 0) is 32.8 Å². The summed E-state index contributed by atoms with van der Waals surface area (Å²) in [5.74, 6) is -1.45. The number of hydrogen-bond donors (Lipinski definition) is 1. The summed E-state index contributed by atoms with van der Waals surface area (Å²) in [6.45, 7) is 6.02. The van der Waals surface area contributed by atoms with E-state index in [-0.39, 0.29) is 17.8 Å². The molecule has 4 rings (SSSR count). The summed E-state index contributed by atoms with van der Waals surface area (Å²) >= 11 is 0. The molecular weight excluding hydrogens is 404 g/mol. The third kappa shape index (κ3) is 4.11. The summed E-state index contributed by atoms with van der Waals surface area (Å²) in [4.78, 5) is 10.8. The largest absolute Gasteiger partial charge is 0.478 e. The van der Waals surface area contributed by atoms with Crippen molar-refractivity contribution >= 4 is 0 Å². The number of nitrogens with zero attached hydrogens (tertiary/aromatic N) is 3. The Hall–Kier alpha value is -2.32. The van der Waals surface area contributed by atoms with Crippen LogP contribution in [0.25, 0.3) is 0 Å². The van der Waals surface area contributed by atoms with Gasteiger partial charge < -0.3 is 14.6 Å². The molecule has 2 bridgehead atoms. The van der Waals surface area contributed by atoms with Gasteiger partial charge in [-0.1, -0.05) is 18.6 Å². The van der Waals surface area contributed by atoms with Crippen LogP contribution in [0.4, 0.5) is 8.78 Å². The number of ether oxygens (including phenoxy) is 2. The minimum atomic E-state index is -1.13. The second-order valence-electron chi connectivity index (χ2n) is 8.29. The number of piperidine rings is 1. The Kier molecular flexibility index (Phi) is 6.39. The van der Waals surface area contributed by atoms with Gasteiger partial charge in [-0.2, -0.15) is 4.98 Å². The van der Waals surface area contributed by atoms with E-state index in [2.05, 4.69) is 14.9 Å². The Balaban J connectivity index is 1.62. The number of likely N-dealkylation sites (tertiary alicyclic amines) is 1. The molecule has 1 saturated carbocycles. The van der Waals surface area contributed by atoms with Gasteiger partial charge in [0, 0.05) is 43.2 Å². The van der Waals surface area contributed by atoms with E-state index in [1.807, 2.05) is 13.8 Å². The lowest BCUT2D eigenvalue weighted by Crippen LogP contribution is -2.58. The fraction of sp³-hybridized carbons (Fsp3) is 0.565. The molecule has 2 heterocycles. The van der Waals surface area contributed by atoms with Gasteiger partial charge in [0.15, 0.2) is 11.6 Å². The zero-order valence-corrected chi connectivity index (χ0v) is 18.0. The van der Waals surface area contributed by atoms with Crippen LogP contribution < -0.4 is 9.47 Å². The summed E-state index contributed by atoms with van der Waals surface area (Å²) in [6.07, 6.45) is 4.29. The molecule has 2 aromatic rings. The lowest BCUT2D eigenvalue weighted by molar-refractivity contribution is -0.150. The molecule has 0 spiro atoms. The zero-order valence-electron chi connectivity index (χ0n) is 18.0. The lowest BCUT2D eigenvalue weighted by Gasteiger charge is -2.53. The van der Waals surface area contributed by atoms with E-state index in [1.54, 1.807) is 12.3 Å². The predicted molar refractivity (Wildman–Crippen MR) is 111 cm³/mol. The first-order chi connectivity index (χ1) is 15.0. The molecule has 1 aromatic carbocycles. The summed E-state index contributed by atoms with van der Waals surface area (Å²) in [5, 5.41) is 12.0. The molecule has 8 heteroatoms. The van der Waals surface area contributed by atoms with Crippen LogP contribution in [-0.2, 0) is 12.1 Å². The number of benzene rings is 1. The third-order valence-electron chi connectivity index (χ3n) is 6.45. The van der Waals surface area contributed by atoms with Crippen molar-refractivity contribution in [1.29, 1.82) is 0 Å². The topological polar surface area (TPSA) is 67.7 Å². The number of halogens is 2. The first-order valence-electron chi connectivity index (χ1n) is 11.0. The Morgan fingerprint density at radius 3 is 2.52 bits per heavy atom. The van der Waals surface area contributed by atoms with Crippen LogP contribution in [0.15, 0.2) is 24.4 Å². The average molecular weight is 433 g/mol. The summed E-state index contributed by atoms with van der Waals surface area (Å²) in [6, 6.07) is 4.50. The molecule has 31 heavy (non-hydrogen) atoms. The monoisotopic (exact) mass is 433 g/mol. The van der Waals surface area contributed by atoms with Crippen LogP contribution in [0.1, 0.15) is 44.2 Å². The normalized spacial score (nSPS) is 26.0. The molecule has 3 atom stereocenters. The van der Waals surface area contributed by atoms with Crippen molar-refractivity contribution in [3.63, 3.8) is 0 Å². The molecular formula is C23H29F2N3O3. The standard InChI is InChI=1S/C23H29F2N3O3/c1-3-30-21-18(11-26-22(27-21)31-4-2)23(29)16-8-6-9-17(23)14-28(13-16)12-15-7-5-10-19(24)20(15)25/h5,7,10-11,16-17,29H,3-4,6,8-9,12-14H2,1-2H3/t16-,17+,23?. The Morgan fingerprint density at radius 1 is 1.13 bits per heavy atom. The highest BCUT2D eigenvalue weighted by Crippen LogP contribution is 2.51. The van der Waals surface area contributed by atoms with Crippen molar-refractivity contribution in [2.24, 2.45) is 11.8 Å². The summed E-state index contributed by atoms with van der Waals surface area (Å²) in [7, 11) is 0. The molecule has 1 saturated heterocycles. The van der Waals surface area contributed by atoms with Gasteiger partial charge in [0.05, 0.1) is 18.8 Å². The Bertz CT molecular complexity index is 913. The van der Waals surface area contributed by atoms with E-state index in [1.165, 1.54) is 6.07 Å². The predicted octanol–water partition coefficient (Wildman–Crippen LogP) is 3.67. The maximum atomic E-state index is 14.2. The molecule has 1 aliphatic heterocycles. The van der Waals surface area contributed by atoms with Crippen molar-refractivity contribution in [3.8, 4) is 11.9 Å². The van der Waals surface area contributed by atoms with E-state index in [4.69, 9.17) is 9.47 Å². The number of rotatable bonds is 7. The minimum Gasteiger partial charge on any atom is -0.478 e. The summed E-state index contributed by atoms with van der Waals surface area (Å²) in [5.41, 5.74) is -0.211. The first-order valence-corrected chi connectivity index (χ1v) is 11.0. The Labute approximate surface area is 181 Å². The first kappa shape index (κ1) is 21.9. The second kappa shape index (κ2) is 9.04. The van der Waals surface area contributed by atoms with Crippen molar-refractivity contribution < 1.29 is 23.4 Å². The van der Waals surface area contributed by atoms with E-state index in [0.29, 0.717) is 49.9 Å². The van der Waals surface area contributed by atoms with Gasteiger partial charge >= 0.3 is 6.01 Å². The molecule has 168 valence electrons. The van der Waals surface area contributed by atoms with Crippen LogP contribution in [-0.4, -0.2) is 46.3 Å². The van der Waals surface area contributed by atoms with Gasteiger partial charge in [0.25, 0.3) is 0 Å². The number of fused-ring (bicyclic) bond motifs is 2. The molecule has 1 aliphatic carbocycles. The molecule has 6 nitrogen and oxygen atoms in total. The van der Waals surface area contributed by atoms with Gasteiger partial charge in [0.1, 0.15) is 5.60 Å². The molecule has 0 radical (unpaired) electrons. The van der Waals surface area contributed by atoms with Gasteiger partial charge in [-0.3, -0.25) is 4.90 Å². The van der Waals surface area contributed by atoms with E-state index >= 15 is 0 Å². The van der Waals surface area contributed by atoms with Crippen molar-refractivity contribution in [3.05, 3.63) is 47.2 Å². The quantitative estimate of drug-likeness (QED) is 0.719. The maximum Gasteiger partial charge on any atom is 0.319 e.